The molecule has 1 aromatic heterocycles. The fourth-order valence-corrected chi connectivity index (χ4v) is 3.51. The van der Waals surface area contributed by atoms with Crippen LogP contribution in [0, 0.1) is 0 Å². The lowest BCUT2D eigenvalue weighted by Crippen LogP contribution is -2.44. The summed E-state index contributed by atoms with van der Waals surface area (Å²) in [5.41, 5.74) is 2.29. The van der Waals surface area contributed by atoms with Crippen molar-refractivity contribution in [1.29, 1.82) is 0 Å². The molecule has 3 N–H and O–H groups in total. The average Bonchev–Trinajstić information content (AvgIpc) is 3.13. The lowest BCUT2D eigenvalue weighted by Gasteiger charge is -2.22. The van der Waals surface area contributed by atoms with E-state index in [4.69, 9.17) is 4.74 Å². The summed E-state index contributed by atoms with van der Waals surface area (Å²) in [7, 11) is 0. The minimum atomic E-state index is -1.16. The lowest BCUT2D eigenvalue weighted by molar-refractivity contribution is -0.139. The highest BCUT2D eigenvalue weighted by molar-refractivity contribution is 6.01. The molecule has 0 fully saturated rings. The quantitative estimate of drug-likeness (QED) is 0.466. The highest BCUT2D eigenvalue weighted by Crippen LogP contribution is 2.27. The highest BCUT2D eigenvalue weighted by atomic mass is 16.6. The summed E-state index contributed by atoms with van der Waals surface area (Å²) in [6.45, 7) is 6.98. The van der Waals surface area contributed by atoms with Gasteiger partial charge in [-0.1, -0.05) is 43.3 Å². The number of ketones is 1. The smallest absolute Gasteiger partial charge is 0.408 e. The lowest BCUT2D eigenvalue weighted by atomic mass is 9.91. The molecule has 3 rings (SSSR count). The third-order valence-electron chi connectivity index (χ3n) is 5.16. The Kier molecular flexibility index (Phi) is 6.67. The predicted molar refractivity (Wildman–Crippen MR) is 122 cm³/mol. The van der Waals surface area contributed by atoms with Gasteiger partial charge in [0.2, 0.25) is 0 Å². The van der Waals surface area contributed by atoms with Crippen LogP contribution >= 0.6 is 0 Å². The van der Waals surface area contributed by atoms with Crippen molar-refractivity contribution in [3.8, 4) is 0 Å². The normalized spacial score (nSPS) is 13.4. The molecule has 1 heterocycles. The number of amides is 1. The van der Waals surface area contributed by atoms with Crippen LogP contribution in [-0.2, 0) is 16.0 Å². The molecule has 0 radical (unpaired) electrons. The first-order valence-electron chi connectivity index (χ1n) is 10.5. The number of aromatic amines is 1. The molecule has 1 amide bonds. The molecule has 3 aromatic rings. The van der Waals surface area contributed by atoms with Gasteiger partial charge in [-0.25, -0.2) is 9.59 Å². The van der Waals surface area contributed by atoms with E-state index in [-0.39, 0.29) is 18.1 Å². The molecule has 0 aliphatic heterocycles. The maximum Gasteiger partial charge on any atom is 0.408 e. The molecular formula is C25H28N2O5. The van der Waals surface area contributed by atoms with Crippen LogP contribution in [-0.4, -0.2) is 39.6 Å². The molecule has 2 aromatic carbocycles. The maximum atomic E-state index is 12.9. The van der Waals surface area contributed by atoms with Crippen molar-refractivity contribution in [2.24, 2.45) is 0 Å². The van der Waals surface area contributed by atoms with Crippen LogP contribution in [0.2, 0.25) is 0 Å². The zero-order valence-electron chi connectivity index (χ0n) is 18.6. The maximum absolute atomic E-state index is 12.9. The number of carbonyl (C=O) groups excluding carboxylic acids is 2. The molecular weight excluding hydrogens is 408 g/mol. The van der Waals surface area contributed by atoms with E-state index in [1.807, 2.05) is 43.3 Å². The molecule has 0 aliphatic rings. The third-order valence-corrected chi connectivity index (χ3v) is 5.16. The molecule has 32 heavy (non-hydrogen) atoms. The van der Waals surface area contributed by atoms with Crippen LogP contribution in [0.25, 0.3) is 10.9 Å². The van der Waals surface area contributed by atoms with E-state index in [0.717, 1.165) is 22.0 Å². The number of alkyl carbamates (subject to hydrolysis) is 1. The Morgan fingerprint density at radius 3 is 2.41 bits per heavy atom. The number of benzene rings is 2. The van der Waals surface area contributed by atoms with E-state index in [1.165, 1.54) is 0 Å². The summed E-state index contributed by atoms with van der Waals surface area (Å²) in [5.74, 6) is -1.51. The number of carbonyl (C=O) groups is 3. The van der Waals surface area contributed by atoms with E-state index in [2.05, 4.69) is 10.3 Å². The highest BCUT2D eigenvalue weighted by Gasteiger charge is 2.25. The van der Waals surface area contributed by atoms with Crippen molar-refractivity contribution in [3.05, 3.63) is 71.4 Å². The minimum absolute atomic E-state index is 0.0111. The van der Waals surface area contributed by atoms with Crippen molar-refractivity contribution < 1.29 is 24.2 Å². The van der Waals surface area contributed by atoms with Gasteiger partial charge in [-0.15, -0.1) is 0 Å². The number of aliphatic carboxylic acids is 1. The Hall–Kier alpha value is -3.61. The van der Waals surface area contributed by atoms with E-state index < -0.39 is 23.7 Å². The third kappa shape index (κ3) is 5.55. The molecule has 1 unspecified atom stereocenters. The molecule has 7 nitrogen and oxygen atoms in total. The second kappa shape index (κ2) is 9.26. The molecule has 0 spiro atoms. The molecule has 0 saturated carbocycles. The van der Waals surface area contributed by atoms with Crippen LogP contribution in [0.1, 0.15) is 55.1 Å². The van der Waals surface area contributed by atoms with Crippen LogP contribution < -0.4 is 5.32 Å². The summed E-state index contributed by atoms with van der Waals surface area (Å²) in [6, 6.07) is 13.6. The van der Waals surface area contributed by atoms with Gasteiger partial charge in [-0.3, -0.25) is 4.79 Å². The number of carboxylic acid groups (broad SMARTS) is 1. The summed E-state index contributed by atoms with van der Waals surface area (Å²) in [5, 5.41) is 12.8. The van der Waals surface area contributed by atoms with Crippen molar-refractivity contribution in [3.63, 3.8) is 0 Å². The van der Waals surface area contributed by atoms with E-state index in [9.17, 15) is 19.5 Å². The Morgan fingerprint density at radius 2 is 1.78 bits per heavy atom. The SMILES string of the molecule is CC(C(=O)c1ccccc1)c1ccc2[nH]cc(C[C@H](NC(=O)OC(C)(C)C)C(=O)O)c2c1. The van der Waals surface area contributed by atoms with Gasteiger partial charge in [0.25, 0.3) is 0 Å². The van der Waals surface area contributed by atoms with Crippen LogP contribution in [0.15, 0.2) is 54.7 Å². The Labute approximate surface area is 186 Å². The van der Waals surface area contributed by atoms with Crippen LogP contribution in [0.3, 0.4) is 0 Å². The van der Waals surface area contributed by atoms with Crippen molar-refractivity contribution >= 4 is 28.7 Å². The second-order valence-corrected chi connectivity index (χ2v) is 8.81. The zero-order chi connectivity index (χ0) is 23.5. The average molecular weight is 437 g/mol. The van der Waals surface area contributed by atoms with Crippen LogP contribution in [0.5, 0.6) is 0 Å². The Bertz CT molecular complexity index is 1130. The summed E-state index contributed by atoms with van der Waals surface area (Å²) < 4.78 is 5.19. The van der Waals surface area contributed by atoms with Crippen molar-refractivity contribution in [2.45, 2.75) is 51.7 Å². The second-order valence-electron chi connectivity index (χ2n) is 8.81. The molecule has 168 valence electrons. The Balaban J connectivity index is 1.83. The number of H-pyrrole nitrogens is 1. The van der Waals surface area contributed by atoms with Gasteiger partial charge in [0, 0.05) is 35.0 Å². The zero-order valence-corrected chi connectivity index (χ0v) is 18.6. The van der Waals surface area contributed by atoms with Gasteiger partial charge in [-0.05, 0) is 44.0 Å². The van der Waals surface area contributed by atoms with Crippen molar-refractivity contribution in [2.75, 3.05) is 0 Å². The molecule has 0 aliphatic carbocycles. The van der Waals surface area contributed by atoms with Gasteiger partial charge in [-0.2, -0.15) is 0 Å². The number of ether oxygens (including phenoxy) is 1. The van der Waals surface area contributed by atoms with Gasteiger partial charge >= 0.3 is 12.1 Å². The van der Waals surface area contributed by atoms with Crippen LogP contribution in [0.4, 0.5) is 4.79 Å². The number of rotatable bonds is 7. The van der Waals surface area contributed by atoms with E-state index in [0.29, 0.717) is 5.56 Å². The summed E-state index contributed by atoms with van der Waals surface area (Å²) in [6.07, 6.45) is 1.01. The number of carboxylic acids is 1. The summed E-state index contributed by atoms with van der Waals surface area (Å²) in [4.78, 5) is 39.8. The number of Topliss-reactive ketones (excluding diaryl/α,β-unsaturated/α-hetero) is 1. The largest absolute Gasteiger partial charge is 0.480 e. The standard InChI is InChI=1S/C25H28N2O5/c1-15(22(28)16-8-6-5-7-9-16)17-10-11-20-19(12-17)18(14-26-20)13-21(23(29)30)27-24(31)32-25(2,3)4/h5-12,14-15,21,26H,13H2,1-4H3,(H,27,31)(H,29,30)/t15?,21-/m0/s1. The van der Waals surface area contributed by atoms with E-state index in [1.54, 1.807) is 39.1 Å². The van der Waals surface area contributed by atoms with Gasteiger partial charge in [0.1, 0.15) is 11.6 Å². The van der Waals surface area contributed by atoms with Crippen molar-refractivity contribution in [1.82, 2.24) is 10.3 Å². The minimum Gasteiger partial charge on any atom is -0.480 e. The summed E-state index contributed by atoms with van der Waals surface area (Å²) >= 11 is 0. The fourth-order valence-electron chi connectivity index (χ4n) is 3.51. The number of hydrogen-bond acceptors (Lipinski definition) is 4. The number of aromatic nitrogens is 1. The van der Waals surface area contributed by atoms with Gasteiger partial charge < -0.3 is 20.1 Å². The number of hydrogen-bond donors (Lipinski definition) is 3. The fraction of sp³-hybridized carbons (Fsp3) is 0.320. The van der Waals surface area contributed by atoms with Gasteiger partial charge in [0.05, 0.1) is 0 Å². The molecule has 2 atom stereocenters. The topological polar surface area (TPSA) is 108 Å². The number of fused-ring (bicyclic) bond motifs is 1. The first-order valence-corrected chi connectivity index (χ1v) is 10.5. The molecule has 0 saturated heterocycles. The molecule has 7 heteroatoms. The first kappa shape index (κ1) is 23.1. The van der Waals surface area contributed by atoms with Gasteiger partial charge in [0.15, 0.2) is 5.78 Å². The number of nitrogens with one attached hydrogen (secondary N) is 2. The van der Waals surface area contributed by atoms with E-state index >= 15 is 0 Å². The monoisotopic (exact) mass is 436 g/mol. The first-order chi connectivity index (χ1) is 15.0. The Morgan fingerprint density at radius 1 is 1.09 bits per heavy atom. The molecule has 0 bridgehead atoms. The predicted octanol–water partition coefficient (Wildman–Crippen LogP) is 4.67.